The van der Waals surface area contributed by atoms with Gasteiger partial charge >= 0.3 is 5.97 Å². The number of likely N-dealkylation sites (tertiary alicyclic amines) is 1. The predicted molar refractivity (Wildman–Crippen MR) is 75.8 cm³/mol. The highest BCUT2D eigenvalue weighted by Gasteiger charge is 2.31. The number of amides is 2. The molecule has 0 bridgehead atoms. The lowest BCUT2D eigenvalue weighted by Crippen LogP contribution is -2.51. The zero-order valence-electron chi connectivity index (χ0n) is 11.6. The van der Waals surface area contributed by atoms with Gasteiger partial charge in [0.05, 0.1) is 6.54 Å². The predicted octanol–water partition coefficient (Wildman–Crippen LogP) is 0.882. The molecule has 1 aromatic carbocycles. The number of aliphatic carboxylic acids is 1. The molecular weight excluding hydrogens is 272 g/mol. The number of nitrogens with zero attached hydrogens (tertiary/aromatic N) is 1. The summed E-state index contributed by atoms with van der Waals surface area (Å²) in [7, 11) is 0. The van der Waals surface area contributed by atoms with Gasteiger partial charge in [0, 0.05) is 12.1 Å². The normalized spacial score (nSPS) is 18.1. The van der Waals surface area contributed by atoms with E-state index in [-0.39, 0.29) is 18.4 Å². The van der Waals surface area contributed by atoms with Crippen LogP contribution in [0.5, 0.6) is 0 Å². The molecule has 2 amide bonds. The number of rotatable bonds is 4. The highest BCUT2D eigenvalue weighted by molar-refractivity contribution is 5.96. The number of carbonyl (C=O) groups is 3. The van der Waals surface area contributed by atoms with Crippen LogP contribution in [0.2, 0.25) is 0 Å². The first kappa shape index (κ1) is 15.0. The summed E-state index contributed by atoms with van der Waals surface area (Å²) >= 11 is 0. The number of nitrogens with one attached hydrogen (secondary N) is 1. The maximum atomic E-state index is 12.1. The third-order valence-corrected chi connectivity index (χ3v) is 3.54. The Morgan fingerprint density at radius 3 is 2.57 bits per heavy atom. The minimum absolute atomic E-state index is 0.183. The molecule has 1 aromatic rings. The van der Waals surface area contributed by atoms with Crippen LogP contribution in [0.25, 0.3) is 0 Å². The van der Waals surface area contributed by atoms with Crippen molar-refractivity contribution in [1.29, 1.82) is 0 Å². The minimum Gasteiger partial charge on any atom is -0.480 e. The van der Waals surface area contributed by atoms with Gasteiger partial charge in [0.15, 0.2) is 0 Å². The van der Waals surface area contributed by atoms with Gasteiger partial charge in [0.1, 0.15) is 6.04 Å². The van der Waals surface area contributed by atoms with Gasteiger partial charge in [0.25, 0.3) is 5.91 Å². The first-order valence-electron chi connectivity index (χ1n) is 6.95. The summed E-state index contributed by atoms with van der Waals surface area (Å²) in [6.45, 7) is 0.245. The molecule has 0 saturated carbocycles. The van der Waals surface area contributed by atoms with E-state index in [0.29, 0.717) is 18.5 Å². The summed E-state index contributed by atoms with van der Waals surface area (Å²) in [5, 5.41) is 11.7. The van der Waals surface area contributed by atoms with E-state index >= 15 is 0 Å². The van der Waals surface area contributed by atoms with Gasteiger partial charge < -0.3 is 15.3 Å². The molecule has 0 aromatic heterocycles. The van der Waals surface area contributed by atoms with Crippen LogP contribution < -0.4 is 5.32 Å². The third kappa shape index (κ3) is 3.81. The van der Waals surface area contributed by atoms with Crippen molar-refractivity contribution in [2.45, 2.75) is 25.3 Å². The third-order valence-electron chi connectivity index (χ3n) is 3.54. The quantitative estimate of drug-likeness (QED) is 0.862. The van der Waals surface area contributed by atoms with Gasteiger partial charge in [-0.25, -0.2) is 4.79 Å². The molecule has 1 atom stereocenters. The van der Waals surface area contributed by atoms with Crippen LogP contribution in [0, 0.1) is 0 Å². The van der Waals surface area contributed by atoms with E-state index in [2.05, 4.69) is 5.32 Å². The minimum atomic E-state index is -0.988. The van der Waals surface area contributed by atoms with Crippen LogP contribution in [0.4, 0.5) is 0 Å². The Balaban J connectivity index is 1.92. The average Bonchev–Trinajstić information content (AvgIpc) is 2.53. The van der Waals surface area contributed by atoms with Crippen molar-refractivity contribution >= 4 is 17.8 Å². The van der Waals surface area contributed by atoms with Crippen LogP contribution in [-0.2, 0) is 9.59 Å². The van der Waals surface area contributed by atoms with E-state index in [1.165, 1.54) is 4.90 Å². The van der Waals surface area contributed by atoms with Crippen molar-refractivity contribution in [2.75, 3.05) is 13.1 Å². The Labute approximate surface area is 122 Å². The molecule has 0 aliphatic carbocycles. The monoisotopic (exact) mass is 290 g/mol. The zero-order chi connectivity index (χ0) is 15.2. The smallest absolute Gasteiger partial charge is 0.326 e. The number of carbonyl (C=O) groups excluding carboxylic acids is 2. The second kappa shape index (κ2) is 6.88. The zero-order valence-corrected chi connectivity index (χ0v) is 11.6. The second-order valence-corrected chi connectivity index (χ2v) is 4.99. The fourth-order valence-electron chi connectivity index (χ4n) is 2.44. The van der Waals surface area contributed by atoms with Crippen molar-refractivity contribution in [1.82, 2.24) is 10.2 Å². The summed E-state index contributed by atoms with van der Waals surface area (Å²) in [4.78, 5) is 36.4. The Kier molecular flexibility index (Phi) is 4.92. The Morgan fingerprint density at radius 1 is 1.19 bits per heavy atom. The molecule has 112 valence electrons. The lowest BCUT2D eigenvalue weighted by molar-refractivity contribution is -0.151. The molecule has 1 saturated heterocycles. The van der Waals surface area contributed by atoms with Gasteiger partial charge in [0.2, 0.25) is 5.91 Å². The fourth-order valence-corrected chi connectivity index (χ4v) is 2.44. The molecule has 0 unspecified atom stereocenters. The van der Waals surface area contributed by atoms with Crippen molar-refractivity contribution in [3.63, 3.8) is 0 Å². The molecule has 21 heavy (non-hydrogen) atoms. The van der Waals surface area contributed by atoms with E-state index < -0.39 is 12.0 Å². The Hall–Kier alpha value is -2.37. The summed E-state index contributed by atoms with van der Waals surface area (Å²) in [5.74, 6) is -1.68. The molecule has 6 heteroatoms. The number of hydrogen-bond donors (Lipinski definition) is 2. The van der Waals surface area contributed by atoms with Crippen LogP contribution in [0.15, 0.2) is 30.3 Å². The average molecular weight is 290 g/mol. The molecule has 1 aliphatic heterocycles. The highest BCUT2D eigenvalue weighted by Crippen LogP contribution is 2.17. The van der Waals surface area contributed by atoms with Crippen molar-refractivity contribution in [3.05, 3.63) is 35.9 Å². The Bertz CT molecular complexity index is 530. The van der Waals surface area contributed by atoms with Crippen molar-refractivity contribution in [2.24, 2.45) is 0 Å². The van der Waals surface area contributed by atoms with Crippen LogP contribution >= 0.6 is 0 Å². The molecule has 1 fully saturated rings. The number of benzene rings is 1. The van der Waals surface area contributed by atoms with E-state index in [9.17, 15) is 14.4 Å². The molecule has 0 spiro atoms. The first-order chi connectivity index (χ1) is 10.1. The largest absolute Gasteiger partial charge is 0.480 e. The van der Waals surface area contributed by atoms with Crippen molar-refractivity contribution in [3.8, 4) is 0 Å². The van der Waals surface area contributed by atoms with Gasteiger partial charge in [-0.1, -0.05) is 18.2 Å². The maximum Gasteiger partial charge on any atom is 0.326 e. The number of piperidine rings is 1. The maximum absolute atomic E-state index is 12.1. The lowest BCUT2D eigenvalue weighted by Gasteiger charge is -2.33. The van der Waals surface area contributed by atoms with Crippen LogP contribution in [0.3, 0.4) is 0 Å². The van der Waals surface area contributed by atoms with Gasteiger partial charge in [-0.15, -0.1) is 0 Å². The van der Waals surface area contributed by atoms with Crippen LogP contribution in [0.1, 0.15) is 29.6 Å². The lowest BCUT2D eigenvalue weighted by atomic mass is 10.0. The molecular formula is C15H18N2O4. The molecule has 2 N–H and O–H groups in total. The molecule has 0 radical (unpaired) electrons. The molecule has 2 rings (SSSR count). The molecule has 1 aliphatic rings. The van der Waals surface area contributed by atoms with E-state index in [4.69, 9.17) is 5.11 Å². The first-order valence-corrected chi connectivity index (χ1v) is 6.95. The van der Waals surface area contributed by atoms with Crippen LogP contribution in [-0.4, -0.2) is 46.9 Å². The molecule has 1 heterocycles. The molecule has 6 nitrogen and oxygen atoms in total. The fraction of sp³-hybridized carbons (Fsp3) is 0.400. The number of carboxylic acid groups (broad SMARTS) is 1. The SMILES string of the molecule is O=C(NCC(=O)N1CCCC[C@@H]1C(=O)O)c1ccccc1. The summed E-state index contributed by atoms with van der Waals surface area (Å²) in [6.07, 6.45) is 2.06. The summed E-state index contributed by atoms with van der Waals surface area (Å²) in [6, 6.07) is 7.80. The van der Waals surface area contributed by atoms with E-state index in [1.807, 2.05) is 0 Å². The summed E-state index contributed by atoms with van der Waals surface area (Å²) < 4.78 is 0. The number of carboxylic acids is 1. The Morgan fingerprint density at radius 2 is 1.90 bits per heavy atom. The second-order valence-electron chi connectivity index (χ2n) is 4.99. The van der Waals surface area contributed by atoms with Gasteiger partial charge in [-0.2, -0.15) is 0 Å². The highest BCUT2D eigenvalue weighted by atomic mass is 16.4. The van der Waals surface area contributed by atoms with Crippen molar-refractivity contribution < 1.29 is 19.5 Å². The number of hydrogen-bond acceptors (Lipinski definition) is 3. The van der Waals surface area contributed by atoms with Gasteiger partial charge in [-0.3, -0.25) is 9.59 Å². The van der Waals surface area contributed by atoms with E-state index in [1.54, 1.807) is 30.3 Å². The van der Waals surface area contributed by atoms with Gasteiger partial charge in [-0.05, 0) is 31.4 Å². The summed E-state index contributed by atoms with van der Waals surface area (Å²) in [5.41, 5.74) is 0.471. The topological polar surface area (TPSA) is 86.7 Å². The standard InChI is InChI=1S/C15H18N2O4/c18-13(17-9-5-4-8-12(17)15(20)21)10-16-14(19)11-6-2-1-3-7-11/h1-3,6-7,12H,4-5,8-10H2,(H,16,19)(H,20,21)/t12-/m1/s1. The van der Waals surface area contributed by atoms with E-state index in [0.717, 1.165) is 12.8 Å².